The van der Waals surface area contributed by atoms with Gasteiger partial charge in [0, 0.05) is 24.5 Å². The summed E-state index contributed by atoms with van der Waals surface area (Å²) < 4.78 is 23.7. The third kappa shape index (κ3) is 2.69. The molecule has 0 spiro atoms. The van der Waals surface area contributed by atoms with Crippen molar-refractivity contribution in [3.05, 3.63) is 29.1 Å². The van der Waals surface area contributed by atoms with Crippen molar-refractivity contribution in [2.75, 3.05) is 6.61 Å². The van der Waals surface area contributed by atoms with Crippen LogP contribution in [0.15, 0.2) is 12.1 Å². The van der Waals surface area contributed by atoms with E-state index in [2.05, 4.69) is 0 Å². The second-order valence-electron chi connectivity index (χ2n) is 3.93. The van der Waals surface area contributed by atoms with Crippen LogP contribution in [0.5, 0.6) is 5.75 Å². The van der Waals surface area contributed by atoms with Gasteiger partial charge in [-0.25, -0.2) is 4.39 Å². The minimum atomic E-state index is -0.353. The topological polar surface area (TPSA) is 35.5 Å². The summed E-state index contributed by atoms with van der Waals surface area (Å²) >= 11 is 5.73. The smallest absolute Gasteiger partial charge is 0.302 e. The van der Waals surface area contributed by atoms with Gasteiger partial charge in [-0.2, -0.15) is 0 Å². The highest BCUT2D eigenvalue weighted by molar-refractivity contribution is 6.17. The maximum atomic E-state index is 13.3. The largest absolute Gasteiger partial charge is 0.486 e. The third-order valence-corrected chi connectivity index (χ3v) is 2.84. The Labute approximate surface area is 103 Å². The zero-order valence-electron chi connectivity index (χ0n) is 9.33. The molecule has 0 fully saturated rings. The second kappa shape index (κ2) is 4.92. The Hall–Kier alpha value is -1.29. The lowest BCUT2D eigenvalue weighted by Gasteiger charge is -2.11. The molecule has 0 aliphatic carbocycles. The van der Waals surface area contributed by atoms with Crippen LogP contribution >= 0.6 is 11.6 Å². The van der Waals surface area contributed by atoms with Crippen molar-refractivity contribution in [2.24, 2.45) is 0 Å². The summed E-state index contributed by atoms with van der Waals surface area (Å²) in [5, 5.41) is 0. The minimum Gasteiger partial charge on any atom is -0.486 e. The van der Waals surface area contributed by atoms with Crippen LogP contribution in [0.3, 0.4) is 0 Å². The van der Waals surface area contributed by atoms with Gasteiger partial charge in [0.2, 0.25) is 0 Å². The highest BCUT2D eigenvalue weighted by atomic mass is 35.5. The summed E-state index contributed by atoms with van der Waals surface area (Å²) in [7, 11) is 0. The average molecular weight is 259 g/mol. The van der Waals surface area contributed by atoms with E-state index in [1.165, 1.54) is 19.1 Å². The molecule has 17 heavy (non-hydrogen) atoms. The zero-order chi connectivity index (χ0) is 12.4. The number of hydrogen-bond acceptors (Lipinski definition) is 3. The molecule has 1 heterocycles. The van der Waals surface area contributed by atoms with Gasteiger partial charge in [0.15, 0.2) is 0 Å². The van der Waals surface area contributed by atoms with Gasteiger partial charge in [0.25, 0.3) is 0 Å². The van der Waals surface area contributed by atoms with Crippen LogP contribution in [0.2, 0.25) is 0 Å². The Morgan fingerprint density at radius 1 is 1.65 bits per heavy atom. The summed E-state index contributed by atoms with van der Waals surface area (Å²) in [5.74, 6) is 0.142. The molecule has 0 aromatic heterocycles. The van der Waals surface area contributed by atoms with Crippen LogP contribution in [0.1, 0.15) is 18.1 Å². The fraction of sp³-hybridized carbons (Fsp3) is 0.417. The molecule has 92 valence electrons. The minimum absolute atomic E-state index is 0.174. The van der Waals surface area contributed by atoms with Crippen LogP contribution in [-0.4, -0.2) is 18.7 Å². The van der Waals surface area contributed by atoms with Crippen molar-refractivity contribution in [1.29, 1.82) is 0 Å². The van der Waals surface area contributed by atoms with Crippen LogP contribution < -0.4 is 4.74 Å². The van der Waals surface area contributed by atoms with Gasteiger partial charge in [0.05, 0.1) is 5.88 Å². The van der Waals surface area contributed by atoms with Gasteiger partial charge < -0.3 is 9.47 Å². The van der Waals surface area contributed by atoms with Gasteiger partial charge in [-0.05, 0) is 12.1 Å². The fourth-order valence-electron chi connectivity index (χ4n) is 1.87. The molecule has 1 aliphatic rings. The predicted octanol–water partition coefficient (Wildman–Crippen LogP) is 2.43. The molecule has 1 aromatic rings. The van der Waals surface area contributed by atoms with E-state index >= 15 is 0 Å². The Balaban J connectivity index is 2.13. The molecule has 0 bridgehead atoms. The van der Waals surface area contributed by atoms with Crippen molar-refractivity contribution >= 4 is 17.6 Å². The third-order valence-electron chi connectivity index (χ3n) is 2.56. The number of fused-ring (bicyclic) bond motifs is 1. The van der Waals surface area contributed by atoms with Crippen molar-refractivity contribution in [3.8, 4) is 5.75 Å². The van der Waals surface area contributed by atoms with Gasteiger partial charge >= 0.3 is 5.97 Å². The lowest BCUT2D eigenvalue weighted by Crippen LogP contribution is -2.21. The lowest BCUT2D eigenvalue weighted by molar-refractivity contribution is -0.143. The molecular weight excluding hydrogens is 247 g/mol. The number of esters is 1. The van der Waals surface area contributed by atoms with E-state index in [1.54, 1.807) is 0 Å². The number of halogens is 2. The second-order valence-corrected chi connectivity index (χ2v) is 4.20. The van der Waals surface area contributed by atoms with E-state index in [1.807, 2.05) is 0 Å². The SMILES string of the molecule is CC(=O)OCC1Cc2cc(F)cc(CCl)c2O1. The normalized spacial score (nSPS) is 17.5. The first-order chi connectivity index (χ1) is 8.10. The molecule has 0 N–H and O–H groups in total. The molecule has 1 unspecified atom stereocenters. The van der Waals surface area contributed by atoms with E-state index in [0.717, 1.165) is 5.56 Å². The van der Waals surface area contributed by atoms with Crippen LogP contribution in [0.4, 0.5) is 4.39 Å². The summed E-state index contributed by atoms with van der Waals surface area (Å²) in [5.41, 5.74) is 1.41. The molecule has 1 atom stereocenters. The summed E-state index contributed by atoms with van der Waals surface area (Å²) in [6, 6.07) is 2.79. The van der Waals surface area contributed by atoms with Gasteiger partial charge in [-0.15, -0.1) is 11.6 Å². The van der Waals surface area contributed by atoms with E-state index in [-0.39, 0.29) is 30.4 Å². The first-order valence-electron chi connectivity index (χ1n) is 5.27. The van der Waals surface area contributed by atoms with E-state index in [4.69, 9.17) is 21.1 Å². The van der Waals surface area contributed by atoms with Crippen molar-refractivity contribution in [3.63, 3.8) is 0 Å². The number of ether oxygens (including phenoxy) is 2. The van der Waals surface area contributed by atoms with Crippen molar-refractivity contribution in [2.45, 2.75) is 25.3 Å². The van der Waals surface area contributed by atoms with Gasteiger partial charge in [-0.1, -0.05) is 0 Å². The van der Waals surface area contributed by atoms with Gasteiger partial charge in [0.1, 0.15) is 24.3 Å². The number of alkyl halides is 1. The Bertz CT molecular complexity index is 448. The maximum Gasteiger partial charge on any atom is 0.302 e. The summed E-state index contributed by atoms with van der Waals surface area (Å²) in [6.07, 6.45) is 0.280. The van der Waals surface area contributed by atoms with Crippen LogP contribution in [-0.2, 0) is 21.8 Å². The van der Waals surface area contributed by atoms with E-state index in [9.17, 15) is 9.18 Å². The highest BCUT2D eigenvalue weighted by Crippen LogP contribution is 2.34. The fourth-order valence-corrected chi connectivity index (χ4v) is 2.07. The van der Waals surface area contributed by atoms with Crippen LogP contribution in [0, 0.1) is 5.82 Å². The first kappa shape index (κ1) is 12.2. The maximum absolute atomic E-state index is 13.3. The number of rotatable bonds is 3. The number of hydrogen-bond donors (Lipinski definition) is 0. The standard InChI is InChI=1S/C12H12ClFO3/c1-7(15)16-6-11-4-8-2-10(14)3-9(5-13)12(8)17-11/h2-3,11H,4-6H2,1H3. The molecule has 0 saturated heterocycles. The first-order valence-corrected chi connectivity index (χ1v) is 5.81. The molecule has 1 aromatic carbocycles. The molecule has 1 aliphatic heterocycles. The number of carbonyl (C=O) groups is 1. The average Bonchev–Trinajstić information content (AvgIpc) is 2.67. The molecule has 3 nitrogen and oxygen atoms in total. The number of benzene rings is 1. The van der Waals surface area contributed by atoms with E-state index < -0.39 is 0 Å². The highest BCUT2D eigenvalue weighted by Gasteiger charge is 2.26. The van der Waals surface area contributed by atoms with Gasteiger partial charge in [-0.3, -0.25) is 4.79 Å². The monoisotopic (exact) mass is 258 g/mol. The summed E-state index contributed by atoms with van der Waals surface area (Å²) in [4.78, 5) is 10.7. The van der Waals surface area contributed by atoms with E-state index in [0.29, 0.717) is 17.7 Å². The molecule has 0 amide bonds. The molecule has 2 rings (SSSR count). The molecule has 5 heteroatoms. The molecular formula is C12H12ClFO3. The number of carbonyl (C=O) groups excluding carboxylic acids is 1. The lowest BCUT2D eigenvalue weighted by atomic mass is 10.1. The quantitative estimate of drug-likeness (QED) is 0.617. The predicted molar refractivity (Wildman–Crippen MR) is 60.7 cm³/mol. The molecule has 0 radical (unpaired) electrons. The Kier molecular flexibility index (Phi) is 3.52. The molecule has 0 saturated carbocycles. The van der Waals surface area contributed by atoms with Crippen LogP contribution in [0.25, 0.3) is 0 Å². The summed E-state index contributed by atoms with van der Waals surface area (Å²) in [6.45, 7) is 1.51. The Morgan fingerprint density at radius 3 is 3.06 bits per heavy atom. The van der Waals surface area contributed by atoms with Crippen molar-refractivity contribution < 1.29 is 18.7 Å². The zero-order valence-corrected chi connectivity index (χ0v) is 10.1. The van der Waals surface area contributed by atoms with Crippen molar-refractivity contribution in [1.82, 2.24) is 0 Å². The Morgan fingerprint density at radius 2 is 2.41 bits per heavy atom.